The molecule has 1 amide bonds. The molecule has 2 aromatic heterocycles. The molecule has 2 heterocycles. The number of hydrogen-bond donors (Lipinski definition) is 1. The lowest BCUT2D eigenvalue weighted by atomic mass is 10.2. The number of benzene rings is 3. The number of amides is 1. The normalized spacial score (nSPS) is 11.2. The summed E-state index contributed by atoms with van der Waals surface area (Å²) in [6.07, 6.45) is 0. The molecule has 170 valence electrons. The third kappa shape index (κ3) is 4.16. The fraction of sp³-hybridized carbons (Fsp3) is 0.0800. The van der Waals surface area contributed by atoms with E-state index in [0.717, 1.165) is 5.52 Å². The molecule has 1 N–H and O–H groups in total. The van der Waals surface area contributed by atoms with Crippen molar-refractivity contribution >= 4 is 46.0 Å². The van der Waals surface area contributed by atoms with Gasteiger partial charge in [0.2, 0.25) is 5.95 Å². The molecule has 34 heavy (non-hydrogen) atoms. The molecule has 9 heteroatoms. The van der Waals surface area contributed by atoms with Gasteiger partial charge in [0.15, 0.2) is 0 Å². The number of rotatable bonds is 5. The van der Waals surface area contributed by atoms with E-state index >= 15 is 0 Å². The summed E-state index contributed by atoms with van der Waals surface area (Å²) in [6.45, 7) is 1.94. The van der Waals surface area contributed by atoms with E-state index in [-0.39, 0.29) is 12.5 Å². The maximum atomic E-state index is 14.6. The van der Waals surface area contributed by atoms with Crippen molar-refractivity contribution in [3.05, 3.63) is 105 Å². The van der Waals surface area contributed by atoms with Crippen LogP contribution in [0.1, 0.15) is 21.6 Å². The van der Waals surface area contributed by atoms with Crippen LogP contribution in [0, 0.1) is 12.7 Å². The van der Waals surface area contributed by atoms with Gasteiger partial charge < -0.3 is 9.88 Å². The van der Waals surface area contributed by atoms with Crippen LogP contribution in [0.3, 0.4) is 0 Å². The maximum absolute atomic E-state index is 14.6. The predicted molar refractivity (Wildman–Crippen MR) is 132 cm³/mol. The summed E-state index contributed by atoms with van der Waals surface area (Å²) in [5.74, 6) is 0.107. The summed E-state index contributed by atoms with van der Waals surface area (Å²) in [7, 11) is 0. The van der Waals surface area contributed by atoms with Crippen molar-refractivity contribution in [1.29, 1.82) is 0 Å². The highest BCUT2D eigenvalue weighted by Crippen LogP contribution is 2.27. The molecule has 0 aliphatic heterocycles. The number of halogens is 3. The highest BCUT2D eigenvalue weighted by atomic mass is 35.5. The Morgan fingerprint density at radius 3 is 2.56 bits per heavy atom. The summed E-state index contributed by atoms with van der Waals surface area (Å²) < 4.78 is 18.0. The number of nitrogens with zero attached hydrogens (tertiary/aromatic N) is 4. The monoisotopic (exact) mass is 493 g/mol. The van der Waals surface area contributed by atoms with E-state index in [4.69, 9.17) is 28.2 Å². The zero-order chi connectivity index (χ0) is 23.8. The predicted octanol–water partition coefficient (Wildman–Crippen LogP) is 6.28. The van der Waals surface area contributed by atoms with E-state index in [1.54, 1.807) is 42.5 Å². The van der Waals surface area contributed by atoms with E-state index in [1.165, 1.54) is 10.7 Å². The van der Waals surface area contributed by atoms with Crippen LogP contribution in [0.5, 0.6) is 0 Å². The van der Waals surface area contributed by atoms with Gasteiger partial charge in [0.05, 0.1) is 23.3 Å². The summed E-state index contributed by atoms with van der Waals surface area (Å²) in [5.41, 5.74) is 2.94. The van der Waals surface area contributed by atoms with Crippen molar-refractivity contribution in [2.24, 2.45) is 0 Å². The average molecular weight is 494 g/mol. The molecular weight excluding hydrogens is 476 g/mol. The first kappa shape index (κ1) is 22.1. The van der Waals surface area contributed by atoms with Gasteiger partial charge in [-0.3, -0.25) is 4.79 Å². The molecule has 0 aliphatic rings. The van der Waals surface area contributed by atoms with Crippen LogP contribution < -0.4 is 5.32 Å². The first-order valence-corrected chi connectivity index (χ1v) is 11.2. The van der Waals surface area contributed by atoms with Gasteiger partial charge >= 0.3 is 0 Å². The zero-order valence-corrected chi connectivity index (χ0v) is 19.5. The lowest BCUT2D eigenvalue weighted by Gasteiger charge is -2.13. The first-order chi connectivity index (χ1) is 16.4. The minimum Gasteiger partial charge on any atom is -0.306 e. The third-order valence-corrected chi connectivity index (χ3v) is 5.99. The Hall–Kier alpha value is -3.68. The van der Waals surface area contributed by atoms with E-state index in [0.29, 0.717) is 44.1 Å². The number of hydrogen-bond acceptors (Lipinski definition) is 3. The fourth-order valence-corrected chi connectivity index (χ4v) is 4.10. The topological polar surface area (TPSA) is 64.7 Å². The number of fused-ring (bicyclic) bond motifs is 1. The van der Waals surface area contributed by atoms with Gasteiger partial charge in [0.25, 0.3) is 5.91 Å². The molecule has 0 bridgehead atoms. The maximum Gasteiger partial charge on any atom is 0.256 e. The van der Waals surface area contributed by atoms with Crippen LogP contribution in [-0.4, -0.2) is 25.2 Å². The van der Waals surface area contributed by atoms with E-state index in [2.05, 4.69) is 10.4 Å². The molecule has 0 saturated carbocycles. The van der Waals surface area contributed by atoms with Gasteiger partial charge in [-0.05, 0) is 55.5 Å². The minimum absolute atomic E-state index is 0.130. The highest BCUT2D eigenvalue weighted by Gasteiger charge is 2.20. The number of nitrogens with one attached hydrogen (secondary N) is 1. The SMILES string of the molecule is Cc1cc(NC(=O)c2ccc(Cl)cc2)n(-c2nc3ccccc3n2Cc2c(F)cccc2Cl)n1. The van der Waals surface area contributed by atoms with Crippen LogP contribution in [0.2, 0.25) is 10.0 Å². The van der Waals surface area contributed by atoms with Gasteiger partial charge in [-0.25, -0.2) is 9.37 Å². The summed E-state index contributed by atoms with van der Waals surface area (Å²) in [4.78, 5) is 17.6. The van der Waals surface area contributed by atoms with Crippen molar-refractivity contribution in [2.75, 3.05) is 5.32 Å². The molecule has 0 atom stereocenters. The largest absolute Gasteiger partial charge is 0.306 e. The molecule has 0 saturated heterocycles. The van der Waals surface area contributed by atoms with Crippen molar-refractivity contribution < 1.29 is 9.18 Å². The molecule has 0 radical (unpaired) electrons. The Morgan fingerprint density at radius 2 is 1.79 bits per heavy atom. The van der Waals surface area contributed by atoms with Crippen molar-refractivity contribution in [3.8, 4) is 5.95 Å². The van der Waals surface area contributed by atoms with E-state index in [1.807, 2.05) is 35.8 Å². The number of carbonyl (C=O) groups excluding carboxylic acids is 1. The van der Waals surface area contributed by atoms with Crippen molar-refractivity contribution in [1.82, 2.24) is 19.3 Å². The molecule has 6 nitrogen and oxygen atoms in total. The molecule has 0 fully saturated rings. The minimum atomic E-state index is -0.413. The van der Waals surface area contributed by atoms with Crippen LogP contribution in [0.25, 0.3) is 17.0 Å². The molecule has 3 aromatic carbocycles. The quantitative estimate of drug-likeness (QED) is 0.313. The molecule has 0 aliphatic carbocycles. The molecule has 0 spiro atoms. The van der Waals surface area contributed by atoms with Gasteiger partial charge in [-0.15, -0.1) is 0 Å². The lowest BCUT2D eigenvalue weighted by molar-refractivity contribution is 0.102. The van der Waals surface area contributed by atoms with Crippen LogP contribution in [0.4, 0.5) is 10.2 Å². The highest BCUT2D eigenvalue weighted by molar-refractivity contribution is 6.31. The number of aromatic nitrogens is 4. The van der Waals surface area contributed by atoms with Gasteiger partial charge in [0, 0.05) is 27.2 Å². The number of anilines is 1. The molecule has 5 aromatic rings. The first-order valence-electron chi connectivity index (χ1n) is 10.4. The van der Waals surface area contributed by atoms with Gasteiger partial charge in [-0.1, -0.05) is 41.4 Å². The Bertz CT molecular complexity index is 1500. The third-order valence-electron chi connectivity index (χ3n) is 5.38. The van der Waals surface area contributed by atoms with Gasteiger partial charge in [-0.2, -0.15) is 9.78 Å². The van der Waals surface area contributed by atoms with E-state index in [9.17, 15) is 9.18 Å². The molecule has 0 unspecified atom stereocenters. The van der Waals surface area contributed by atoms with Crippen LogP contribution >= 0.6 is 23.2 Å². The standard InChI is InChI=1S/C25H18Cl2FN5O/c1-15-13-23(30-24(34)16-9-11-17(26)12-10-16)33(31-15)25-29-21-7-2-3-8-22(21)32(25)14-18-19(27)5-4-6-20(18)28/h2-13H,14H2,1H3,(H,30,34). The van der Waals surface area contributed by atoms with Crippen molar-refractivity contribution in [2.45, 2.75) is 13.5 Å². The fourth-order valence-electron chi connectivity index (χ4n) is 3.75. The second-order valence-corrected chi connectivity index (χ2v) is 8.57. The Labute approximate surface area is 204 Å². The number of imidazole rings is 1. The number of aryl methyl sites for hydroxylation is 1. The van der Waals surface area contributed by atoms with Crippen LogP contribution in [-0.2, 0) is 6.54 Å². The number of carbonyl (C=O) groups is 1. The smallest absolute Gasteiger partial charge is 0.256 e. The zero-order valence-electron chi connectivity index (χ0n) is 18.0. The molecule has 5 rings (SSSR count). The summed E-state index contributed by atoms with van der Waals surface area (Å²) in [5, 5.41) is 8.30. The van der Waals surface area contributed by atoms with E-state index < -0.39 is 5.82 Å². The Kier molecular flexibility index (Phi) is 5.81. The summed E-state index contributed by atoms with van der Waals surface area (Å²) >= 11 is 12.3. The Morgan fingerprint density at radius 1 is 1.03 bits per heavy atom. The Balaban J connectivity index is 1.61. The second-order valence-electron chi connectivity index (χ2n) is 7.73. The summed E-state index contributed by atoms with van der Waals surface area (Å²) in [6, 6.07) is 20.4. The lowest BCUT2D eigenvalue weighted by Crippen LogP contribution is -2.17. The van der Waals surface area contributed by atoms with Crippen molar-refractivity contribution in [3.63, 3.8) is 0 Å². The molecular formula is C25H18Cl2FN5O. The van der Waals surface area contributed by atoms with Crippen LogP contribution in [0.15, 0.2) is 72.8 Å². The second kappa shape index (κ2) is 8.93. The van der Waals surface area contributed by atoms with Gasteiger partial charge in [0.1, 0.15) is 11.6 Å². The average Bonchev–Trinajstić information content (AvgIpc) is 3.36. The number of para-hydroxylation sites is 2.